The fraction of sp³-hybridized carbons (Fsp3) is 0.318. The Kier molecular flexibility index (Phi) is 6.61. The van der Waals surface area contributed by atoms with Gasteiger partial charge in [0.2, 0.25) is 11.1 Å². The molecule has 1 saturated heterocycles. The van der Waals surface area contributed by atoms with Crippen LogP contribution in [-0.2, 0) is 11.8 Å². The molecule has 4 rings (SSSR count). The van der Waals surface area contributed by atoms with E-state index in [0.717, 1.165) is 25.9 Å². The van der Waals surface area contributed by atoms with Gasteiger partial charge in [-0.3, -0.25) is 9.59 Å². The van der Waals surface area contributed by atoms with Crippen molar-refractivity contribution in [1.82, 2.24) is 25.1 Å². The Hall–Kier alpha value is -3.20. The summed E-state index contributed by atoms with van der Waals surface area (Å²) in [5.74, 6) is 0.591. The third-order valence-corrected chi connectivity index (χ3v) is 6.39. The van der Waals surface area contributed by atoms with Crippen molar-refractivity contribution in [3.8, 4) is 0 Å². The molecule has 2 aromatic carbocycles. The Morgan fingerprint density at radius 2 is 1.77 bits per heavy atom. The summed E-state index contributed by atoms with van der Waals surface area (Å²) in [4.78, 5) is 26.9. The Labute approximate surface area is 185 Å². The number of aryl methyl sites for hydroxylation is 1. The smallest absolute Gasteiger partial charge is 0.253 e. The summed E-state index contributed by atoms with van der Waals surface area (Å²) >= 11 is 1.26. The van der Waals surface area contributed by atoms with Crippen LogP contribution < -0.4 is 5.32 Å². The van der Waals surface area contributed by atoms with Crippen LogP contribution in [0.25, 0.3) is 0 Å². The Balaban J connectivity index is 1.27. The van der Waals surface area contributed by atoms with Gasteiger partial charge in [0.15, 0.2) is 0 Å². The number of nitrogens with one attached hydrogen (secondary N) is 1. The fourth-order valence-electron chi connectivity index (χ4n) is 3.69. The average molecular weight is 437 g/mol. The number of hydrogen-bond donors (Lipinski definition) is 1. The molecule has 9 heteroatoms. The van der Waals surface area contributed by atoms with Crippen LogP contribution in [0.15, 0.2) is 59.8 Å². The van der Waals surface area contributed by atoms with Gasteiger partial charge in [-0.1, -0.05) is 42.1 Å². The van der Waals surface area contributed by atoms with Gasteiger partial charge in [-0.25, -0.2) is 4.68 Å². The molecular weight excluding hydrogens is 412 g/mol. The molecule has 1 N–H and O–H groups in total. The number of carbonyl (C=O) groups is 2. The van der Waals surface area contributed by atoms with Crippen molar-refractivity contribution >= 4 is 29.3 Å². The first kappa shape index (κ1) is 21.0. The number of anilines is 1. The number of piperidine rings is 1. The maximum absolute atomic E-state index is 12.9. The van der Waals surface area contributed by atoms with Crippen molar-refractivity contribution in [2.24, 2.45) is 7.05 Å². The van der Waals surface area contributed by atoms with E-state index in [4.69, 9.17) is 0 Å². The molecule has 0 saturated carbocycles. The molecule has 1 fully saturated rings. The van der Waals surface area contributed by atoms with Crippen molar-refractivity contribution in [1.29, 1.82) is 0 Å². The second kappa shape index (κ2) is 9.74. The Morgan fingerprint density at radius 3 is 2.42 bits per heavy atom. The van der Waals surface area contributed by atoms with Crippen LogP contribution in [0.2, 0.25) is 0 Å². The van der Waals surface area contributed by atoms with Gasteiger partial charge in [-0.05, 0) is 59.0 Å². The topological polar surface area (TPSA) is 93.0 Å². The van der Waals surface area contributed by atoms with Crippen molar-refractivity contribution < 1.29 is 9.59 Å². The zero-order chi connectivity index (χ0) is 21.6. The van der Waals surface area contributed by atoms with Crippen molar-refractivity contribution in [2.75, 3.05) is 24.2 Å². The molecule has 0 radical (unpaired) electrons. The second-order valence-electron chi connectivity index (χ2n) is 7.48. The van der Waals surface area contributed by atoms with Crippen molar-refractivity contribution in [3.05, 3.63) is 65.7 Å². The maximum Gasteiger partial charge on any atom is 0.253 e. The molecule has 8 nitrogen and oxygen atoms in total. The summed E-state index contributed by atoms with van der Waals surface area (Å²) in [5.41, 5.74) is 2.64. The highest BCUT2D eigenvalue weighted by molar-refractivity contribution is 7.99. The molecule has 0 unspecified atom stereocenters. The van der Waals surface area contributed by atoms with Crippen molar-refractivity contribution in [3.63, 3.8) is 0 Å². The van der Waals surface area contributed by atoms with E-state index < -0.39 is 0 Å². The summed E-state index contributed by atoms with van der Waals surface area (Å²) in [6.07, 6.45) is 1.95. The van der Waals surface area contributed by atoms with E-state index in [9.17, 15) is 9.59 Å². The molecule has 31 heavy (non-hydrogen) atoms. The van der Waals surface area contributed by atoms with E-state index in [0.29, 0.717) is 22.3 Å². The zero-order valence-corrected chi connectivity index (χ0v) is 18.1. The standard InChI is InChI=1S/C22H24N6O2S/c1-27-22(24-25-26-27)31-15-20(29)23-19-9-7-18(8-10-19)21(30)28-13-11-17(12-14-28)16-5-3-2-4-6-16/h2-10,17H,11-15H2,1H3,(H,23,29). The van der Waals surface area contributed by atoms with E-state index in [1.54, 1.807) is 31.3 Å². The summed E-state index contributed by atoms with van der Waals surface area (Å²) in [5, 5.41) is 14.5. The lowest BCUT2D eigenvalue weighted by Crippen LogP contribution is -2.37. The number of aromatic nitrogens is 4. The molecule has 2 heterocycles. The normalized spacial score (nSPS) is 14.4. The maximum atomic E-state index is 12.9. The molecule has 2 amide bonds. The third-order valence-electron chi connectivity index (χ3n) is 5.38. The number of amides is 2. The van der Waals surface area contributed by atoms with Gasteiger partial charge >= 0.3 is 0 Å². The number of hydrogen-bond acceptors (Lipinski definition) is 6. The first-order valence-corrected chi connectivity index (χ1v) is 11.2. The van der Waals surface area contributed by atoms with Crippen LogP contribution in [0.4, 0.5) is 5.69 Å². The summed E-state index contributed by atoms with van der Waals surface area (Å²) < 4.78 is 1.51. The molecule has 1 aliphatic rings. The highest BCUT2D eigenvalue weighted by Gasteiger charge is 2.24. The van der Waals surface area contributed by atoms with Gasteiger partial charge in [-0.2, -0.15) is 0 Å². The minimum absolute atomic E-state index is 0.0368. The quantitative estimate of drug-likeness (QED) is 0.597. The zero-order valence-electron chi connectivity index (χ0n) is 17.3. The number of rotatable bonds is 6. The highest BCUT2D eigenvalue weighted by atomic mass is 32.2. The number of likely N-dealkylation sites (tertiary alicyclic amines) is 1. The van der Waals surface area contributed by atoms with E-state index in [1.165, 1.54) is 22.0 Å². The Bertz CT molecular complexity index is 1030. The van der Waals surface area contributed by atoms with Gasteiger partial charge in [0.25, 0.3) is 5.91 Å². The highest BCUT2D eigenvalue weighted by Crippen LogP contribution is 2.28. The lowest BCUT2D eigenvalue weighted by Gasteiger charge is -2.32. The minimum atomic E-state index is -0.157. The average Bonchev–Trinajstić information content (AvgIpc) is 3.23. The van der Waals surface area contributed by atoms with E-state index in [-0.39, 0.29) is 17.6 Å². The lowest BCUT2D eigenvalue weighted by atomic mass is 9.89. The molecule has 160 valence electrons. The minimum Gasteiger partial charge on any atom is -0.339 e. The largest absolute Gasteiger partial charge is 0.339 e. The summed E-state index contributed by atoms with van der Waals surface area (Å²) in [7, 11) is 1.72. The predicted molar refractivity (Wildman–Crippen MR) is 119 cm³/mol. The molecular formula is C22H24N6O2S. The van der Waals surface area contributed by atoms with Gasteiger partial charge in [0.05, 0.1) is 5.75 Å². The van der Waals surface area contributed by atoms with E-state index >= 15 is 0 Å². The second-order valence-corrected chi connectivity index (χ2v) is 8.42. The monoisotopic (exact) mass is 436 g/mol. The third kappa shape index (κ3) is 5.29. The van der Waals surface area contributed by atoms with Crippen molar-refractivity contribution in [2.45, 2.75) is 23.9 Å². The van der Waals surface area contributed by atoms with Gasteiger partial charge in [0.1, 0.15) is 0 Å². The first-order valence-electron chi connectivity index (χ1n) is 10.2. The number of tetrazole rings is 1. The van der Waals surface area contributed by atoms with Gasteiger partial charge < -0.3 is 10.2 Å². The van der Waals surface area contributed by atoms with Crippen LogP contribution in [0, 0.1) is 0 Å². The number of nitrogens with zero attached hydrogens (tertiary/aromatic N) is 5. The Morgan fingerprint density at radius 1 is 1.06 bits per heavy atom. The van der Waals surface area contributed by atoms with E-state index in [1.807, 2.05) is 11.0 Å². The summed E-state index contributed by atoms with van der Waals surface area (Å²) in [6.45, 7) is 1.51. The lowest BCUT2D eigenvalue weighted by molar-refractivity contribution is -0.113. The number of thioether (sulfide) groups is 1. The molecule has 0 spiro atoms. The number of carbonyl (C=O) groups excluding carboxylic acids is 2. The molecule has 0 aliphatic carbocycles. The summed E-state index contributed by atoms with van der Waals surface area (Å²) in [6, 6.07) is 17.5. The molecule has 3 aromatic rings. The van der Waals surface area contributed by atoms with Crippen LogP contribution in [0.3, 0.4) is 0 Å². The van der Waals surface area contributed by atoms with Crippen LogP contribution in [0.1, 0.15) is 34.7 Å². The van der Waals surface area contributed by atoms with Gasteiger partial charge in [0, 0.05) is 31.4 Å². The van der Waals surface area contributed by atoms with Crippen LogP contribution in [-0.4, -0.2) is 55.8 Å². The van der Waals surface area contributed by atoms with Crippen LogP contribution in [0.5, 0.6) is 0 Å². The molecule has 0 atom stereocenters. The fourth-order valence-corrected chi connectivity index (χ4v) is 4.34. The predicted octanol–water partition coefficient (Wildman–Crippen LogP) is 2.96. The first-order chi connectivity index (χ1) is 15.1. The molecule has 0 bridgehead atoms. The SMILES string of the molecule is Cn1nnnc1SCC(=O)Nc1ccc(C(=O)N2CCC(c3ccccc3)CC2)cc1. The number of benzene rings is 2. The van der Waals surface area contributed by atoms with Gasteiger partial charge in [-0.15, -0.1) is 5.10 Å². The van der Waals surface area contributed by atoms with E-state index in [2.05, 4.69) is 45.1 Å². The molecule has 1 aliphatic heterocycles. The van der Waals surface area contributed by atoms with Crippen LogP contribution >= 0.6 is 11.8 Å². The molecule has 1 aromatic heterocycles.